The molecular formula is C21H23FN4O4. The molecule has 1 amide bonds. The zero-order valence-corrected chi connectivity index (χ0v) is 17.2. The van der Waals surface area contributed by atoms with Gasteiger partial charge >= 0.3 is 5.97 Å². The van der Waals surface area contributed by atoms with Crippen LogP contribution in [0, 0.1) is 12.7 Å². The molecule has 3 aromatic rings. The Balaban J connectivity index is 1.95. The molecular weight excluding hydrogens is 391 g/mol. The van der Waals surface area contributed by atoms with Gasteiger partial charge in [-0.05, 0) is 51.5 Å². The molecule has 30 heavy (non-hydrogen) atoms. The Morgan fingerprint density at radius 3 is 2.67 bits per heavy atom. The Hall–Kier alpha value is -3.33. The molecule has 2 N–H and O–H groups in total. The van der Waals surface area contributed by atoms with Crippen LogP contribution in [0.3, 0.4) is 0 Å². The largest absolute Gasteiger partial charge is 0.465 e. The standard InChI is InChI=1S/C21H23FN4O4/c1-12-15(22)5-6-16(23-12)19(27)24-18-9-13-11-26(8-7-21(2,3)29)25-17(13)10-14(18)20(28)30-4/h5-6,9-11,29H,7-8H2,1-4H3,(H,24,27). The van der Waals surface area contributed by atoms with Crippen molar-refractivity contribution in [2.45, 2.75) is 39.3 Å². The quantitative estimate of drug-likeness (QED) is 0.601. The zero-order valence-electron chi connectivity index (χ0n) is 17.2. The fraction of sp³-hybridized carbons (Fsp3) is 0.333. The smallest absolute Gasteiger partial charge is 0.340 e. The molecule has 0 aliphatic rings. The summed E-state index contributed by atoms with van der Waals surface area (Å²) in [5, 5.41) is 17.7. The summed E-state index contributed by atoms with van der Waals surface area (Å²) in [6.45, 7) is 5.36. The number of aromatic nitrogens is 3. The van der Waals surface area contributed by atoms with E-state index in [4.69, 9.17) is 4.74 Å². The van der Waals surface area contributed by atoms with Gasteiger partial charge in [0.05, 0.1) is 35.2 Å². The number of aryl methyl sites for hydroxylation is 2. The molecule has 9 heteroatoms. The van der Waals surface area contributed by atoms with Gasteiger partial charge in [0.25, 0.3) is 5.91 Å². The number of methoxy groups -OCH3 is 1. The van der Waals surface area contributed by atoms with Gasteiger partial charge < -0.3 is 15.2 Å². The van der Waals surface area contributed by atoms with E-state index in [1.54, 1.807) is 30.8 Å². The van der Waals surface area contributed by atoms with Gasteiger partial charge in [0.15, 0.2) is 0 Å². The molecule has 8 nitrogen and oxygen atoms in total. The fourth-order valence-corrected chi connectivity index (χ4v) is 2.86. The van der Waals surface area contributed by atoms with Crippen LogP contribution in [0.15, 0.2) is 30.5 Å². The maximum Gasteiger partial charge on any atom is 0.340 e. The lowest BCUT2D eigenvalue weighted by atomic mass is 10.1. The molecule has 0 saturated carbocycles. The molecule has 158 valence electrons. The normalized spacial score (nSPS) is 11.5. The van der Waals surface area contributed by atoms with Gasteiger partial charge in [-0.15, -0.1) is 0 Å². The first-order valence-electron chi connectivity index (χ1n) is 9.34. The highest BCUT2D eigenvalue weighted by Gasteiger charge is 2.19. The fourth-order valence-electron chi connectivity index (χ4n) is 2.86. The van der Waals surface area contributed by atoms with E-state index >= 15 is 0 Å². The molecule has 0 aliphatic carbocycles. The van der Waals surface area contributed by atoms with Crippen molar-refractivity contribution in [1.82, 2.24) is 14.8 Å². The number of aliphatic hydroxyl groups is 1. The number of fused-ring (bicyclic) bond motifs is 1. The Kier molecular flexibility index (Phi) is 5.84. The lowest BCUT2D eigenvalue weighted by Crippen LogP contribution is -2.21. The van der Waals surface area contributed by atoms with Gasteiger partial charge in [0.1, 0.15) is 11.5 Å². The molecule has 2 aromatic heterocycles. The highest BCUT2D eigenvalue weighted by Crippen LogP contribution is 2.25. The number of pyridine rings is 1. The first-order valence-corrected chi connectivity index (χ1v) is 9.34. The van der Waals surface area contributed by atoms with E-state index in [2.05, 4.69) is 15.4 Å². The summed E-state index contributed by atoms with van der Waals surface area (Å²) in [5.74, 6) is -1.74. The van der Waals surface area contributed by atoms with Gasteiger partial charge in [-0.2, -0.15) is 5.10 Å². The van der Waals surface area contributed by atoms with E-state index < -0.39 is 23.3 Å². The number of hydrogen-bond acceptors (Lipinski definition) is 6. The number of carbonyl (C=O) groups is 2. The number of amides is 1. The number of anilines is 1. The molecule has 0 fully saturated rings. The van der Waals surface area contributed by atoms with E-state index in [0.29, 0.717) is 23.9 Å². The second kappa shape index (κ2) is 8.19. The molecule has 3 rings (SSSR count). The number of nitrogens with zero attached hydrogens (tertiary/aromatic N) is 3. The monoisotopic (exact) mass is 414 g/mol. The summed E-state index contributed by atoms with van der Waals surface area (Å²) in [5.41, 5.74) is 0.175. The minimum atomic E-state index is -0.839. The number of ether oxygens (including phenoxy) is 1. The molecule has 0 radical (unpaired) electrons. The summed E-state index contributed by atoms with van der Waals surface area (Å²) in [4.78, 5) is 28.8. The summed E-state index contributed by atoms with van der Waals surface area (Å²) in [7, 11) is 1.24. The van der Waals surface area contributed by atoms with Crippen molar-refractivity contribution in [1.29, 1.82) is 0 Å². The third kappa shape index (κ3) is 4.80. The molecule has 0 bridgehead atoms. The Morgan fingerprint density at radius 2 is 2.03 bits per heavy atom. The van der Waals surface area contributed by atoms with Crippen molar-refractivity contribution in [3.63, 3.8) is 0 Å². The summed E-state index contributed by atoms with van der Waals surface area (Å²) in [6, 6.07) is 5.57. The Morgan fingerprint density at radius 1 is 1.30 bits per heavy atom. The zero-order chi connectivity index (χ0) is 22.1. The molecule has 0 aliphatic heterocycles. The highest BCUT2D eigenvalue weighted by atomic mass is 19.1. The molecule has 0 spiro atoms. The predicted molar refractivity (Wildman–Crippen MR) is 109 cm³/mol. The van der Waals surface area contributed by atoms with E-state index in [1.165, 1.54) is 26.2 Å². The number of nitrogens with one attached hydrogen (secondary N) is 1. The third-order valence-electron chi connectivity index (χ3n) is 4.55. The molecule has 2 heterocycles. The summed E-state index contributed by atoms with van der Waals surface area (Å²) in [6.07, 6.45) is 2.25. The van der Waals surface area contributed by atoms with Gasteiger partial charge in [-0.3, -0.25) is 9.48 Å². The predicted octanol–water partition coefficient (Wildman–Crippen LogP) is 3.08. The summed E-state index contributed by atoms with van der Waals surface area (Å²) < 4.78 is 19.9. The number of carbonyl (C=O) groups excluding carboxylic acids is 2. The number of esters is 1. The van der Waals surface area contributed by atoms with E-state index in [1.807, 2.05) is 0 Å². The van der Waals surface area contributed by atoms with Crippen LogP contribution in [-0.4, -0.2) is 44.5 Å². The molecule has 0 atom stereocenters. The van der Waals surface area contributed by atoms with Crippen molar-refractivity contribution in [3.8, 4) is 0 Å². The van der Waals surface area contributed by atoms with Crippen LogP contribution >= 0.6 is 0 Å². The topological polar surface area (TPSA) is 106 Å². The van der Waals surface area contributed by atoms with Crippen LogP contribution in [0.5, 0.6) is 0 Å². The first kappa shape index (κ1) is 21.4. The van der Waals surface area contributed by atoms with E-state index in [0.717, 1.165) is 6.07 Å². The average Bonchev–Trinajstić information content (AvgIpc) is 3.08. The van der Waals surface area contributed by atoms with Crippen molar-refractivity contribution >= 4 is 28.5 Å². The van der Waals surface area contributed by atoms with Gasteiger partial charge in [0, 0.05) is 18.1 Å². The van der Waals surface area contributed by atoms with Gasteiger partial charge in [-0.25, -0.2) is 14.2 Å². The second-order valence-corrected chi connectivity index (χ2v) is 7.62. The van der Waals surface area contributed by atoms with Crippen molar-refractivity contribution in [2.24, 2.45) is 0 Å². The van der Waals surface area contributed by atoms with E-state index in [9.17, 15) is 19.1 Å². The maximum atomic E-state index is 13.4. The SMILES string of the molecule is COC(=O)c1cc2nn(CCC(C)(C)O)cc2cc1NC(=O)c1ccc(F)c(C)n1. The van der Waals surface area contributed by atoms with Crippen LogP contribution in [0.4, 0.5) is 10.1 Å². The van der Waals surface area contributed by atoms with Crippen LogP contribution in [0.25, 0.3) is 10.9 Å². The average molecular weight is 414 g/mol. The number of rotatable bonds is 6. The highest BCUT2D eigenvalue weighted by molar-refractivity contribution is 6.09. The van der Waals surface area contributed by atoms with Gasteiger partial charge in [0.2, 0.25) is 0 Å². The molecule has 0 saturated heterocycles. The number of benzene rings is 1. The first-order chi connectivity index (χ1) is 14.1. The van der Waals surface area contributed by atoms with Crippen LogP contribution < -0.4 is 5.32 Å². The number of halogens is 1. The minimum absolute atomic E-state index is 0.0192. The maximum absolute atomic E-state index is 13.4. The van der Waals surface area contributed by atoms with Crippen LogP contribution in [0.2, 0.25) is 0 Å². The lowest BCUT2D eigenvalue weighted by molar-refractivity contribution is 0.0601. The molecule has 1 aromatic carbocycles. The Bertz CT molecular complexity index is 1120. The second-order valence-electron chi connectivity index (χ2n) is 7.62. The number of hydrogen-bond donors (Lipinski definition) is 2. The van der Waals surface area contributed by atoms with Crippen LogP contribution in [0.1, 0.15) is 46.8 Å². The Labute approximate surface area is 172 Å². The third-order valence-corrected chi connectivity index (χ3v) is 4.55. The minimum Gasteiger partial charge on any atom is -0.465 e. The summed E-state index contributed by atoms with van der Waals surface area (Å²) >= 11 is 0. The lowest BCUT2D eigenvalue weighted by Gasteiger charge is -2.16. The van der Waals surface area contributed by atoms with Crippen molar-refractivity contribution in [2.75, 3.05) is 12.4 Å². The van der Waals surface area contributed by atoms with Crippen LogP contribution in [-0.2, 0) is 11.3 Å². The molecule has 0 unspecified atom stereocenters. The van der Waals surface area contributed by atoms with Crippen molar-refractivity contribution < 1.29 is 23.8 Å². The van der Waals surface area contributed by atoms with Gasteiger partial charge in [-0.1, -0.05) is 0 Å². The van der Waals surface area contributed by atoms with E-state index in [-0.39, 0.29) is 22.6 Å². The van der Waals surface area contributed by atoms with Crippen molar-refractivity contribution in [3.05, 3.63) is 53.2 Å².